The van der Waals surface area contributed by atoms with Crippen molar-refractivity contribution in [1.82, 2.24) is 14.7 Å². The van der Waals surface area contributed by atoms with Gasteiger partial charge in [0, 0.05) is 25.2 Å². The summed E-state index contributed by atoms with van der Waals surface area (Å²) in [6.45, 7) is 7.14. The summed E-state index contributed by atoms with van der Waals surface area (Å²) in [4.78, 5) is 28.2. The van der Waals surface area contributed by atoms with E-state index in [4.69, 9.17) is 16.3 Å². The lowest BCUT2D eigenvalue weighted by Crippen LogP contribution is -2.52. The molecule has 1 fully saturated rings. The quantitative estimate of drug-likeness (QED) is 0.642. The number of piperidine rings is 1. The standard InChI is InChI=1S/C23H30ClN3O3/c1-5-30-22(29)23(14-17-8-6-9-18(24)12-17)10-7-11-27(15-23)21(28)20-13-19(16(2)3)25-26(20)4/h6,8-9,12-13,16H,5,7,10-11,14-15H2,1-4H3/t23-/m0/s1. The zero-order chi connectivity index (χ0) is 21.9. The average molecular weight is 432 g/mol. The second-order valence-electron chi connectivity index (χ2n) is 8.37. The molecule has 7 heteroatoms. The summed E-state index contributed by atoms with van der Waals surface area (Å²) in [5, 5.41) is 5.10. The van der Waals surface area contributed by atoms with Crippen molar-refractivity contribution in [3.8, 4) is 0 Å². The van der Waals surface area contributed by atoms with Crippen molar-refractivity contribution in [2.45, 2.75) is 46.0 Å². The van der Waals surface area contributed by atoms with Gasteiger partial charge in [0.05, 0.1) is 17.7 Å². The van der Waals surface area contributed by atoms with Crippen molar-refractivity contribution < 1.29 is 14.3 Å². The molecule has 162 valence electrons. The summed E-state index contributed by atoms with van der Waals surface area (Å²) in [6, 6.07) is 9.38. The molecule has 1 saturated heterocycles. The molecule has 3 rings (SSSR count). The summed E-state index contributed by atoms with van der Waals surface area (Å²) in [6.07, 6.45) is 1.89. The van der Waals surface area contributed by atoms with E-state index in [9.17, 15) is 9.59 Å². The molecule has 1 aromatic carbocycles. The highest BCUT2D eigenvalue weighted by Crippen LogP contribution is 2.36. The van der Waals surface area contributed by atoms with E-state index in [2.05, 4.69) is 5.10 Å². The fraction of sp³-hybridized carbons (Fsp3) is 0.522. The first-order valence-electron chi connectivity index (χ1n) is 10.5. The Labute approximate surface area is 183 Å². The normalized spacial score (nSPS) is 19.2. The fourth-order valence-corrected chi connectivity index (χ4v) is 4.36. The highest BCUT2D eigenvalue weighted by molar-refractivity contribution is 6.30. The van der Waals surface area contributed by atoms with Gasteiger partial charge in [-0.1, -0.05) is 37.6 Å². The van der Waals surface area contributed by atoms with Crippen LogP contribution in [-0.4, -0.2) is 46.3 Å². The second kappa shape index (κ2) is 9.21. The first-order valence-corrected chi connectivity index (χ1v) is 10.9. The van der Waals surface area contributed by atoms with Crippen LogP contribution in [0.25, 0.3) is 0 Å². The Morgan fingerprint density at radius 2 is 2.07 bits per heavy atom. The molecule has 0 unspecified atom stereocenters. The van der Waals surface area contributed by atoms with E-state index in [1.807, 2.05) is 44.2 Å². The summed E-state index contributed by atoms with van der Waals surface area (Å²) in [5.41, 5.74) is 1.61. The van der Waals surface area contributed by atoms with Crippen molar-refractivity contribution in [3.63, 3.8) is 0 Å². The van der Waals surface area contributed by atoms with E-state index in [1.165, 1.54) is 0 Å². The Hall–Kier alpha value is -2.34. The number of likely N-dealkylation sites (tertiary alicyclic amines) is 1. The van der Waals surface area contributed by atoms with Gasteiger partial charge >= 0.3 is 5.97 Å². The third-order valence-corrected chi connectivity index (χ3v) is 5.95. The van der Waals surface area contributed by atoms with Gasteiger partial charge in [0.15, 0.2) is 0 Å². The fourth-order valence-electron chi connectivity index (χ4n) is 4.14. The van der Waals surface area contributed by atoms with Gasteiger partial charge in [0.1, 0.15) is 5.69 Å². The third-order valence-electron chi connectivity index (χ3n) is 5.71. The molecule has 2 aromatic rings. The number of esters is 1. The number of halogens is 1. The number of nitrogens with zero attached hydrogens (tertiary/aromatic N) is 3. The molecule has 0 aliphatic carbocycles. The maximum Gasteiger partial charge on any atom is 0.314 e. The largest absolute Gasteiger partial charge is 0.466 e. The van der Waals surface area contributed by atoms with Gasteiger partial charge in [-0.25, -0.2) is 0 Å². The van der Waals surface area contributed by atoms with E-state index >= 15 is 0 Å². The summed E-state index contributed by atoms with van der Waals surface area (Å²) in [7, 11) is 1.79. The maximum absolute atomic E-state index is 13.3. The molecule has 0 spiro atoms. The zero-order valence-electron chi connectivity index (χ0n) is 18.2. The van der Waals surface area contributed by atoms with Crippen LogP contribution in [0, 0.1) is 5.41 Å². The summed E-state index contributed by atoms with van der Waals surface area (Å²) < 4.78 is 7.09. The predicted molar refractivity (Wildman–Crippen MR) is 117 cm³/mol. The Morgan fingerprint density at radius 1 is 1.30 bits per heavy atom. The molecule has 1 amide bonds. The number of rotatable bonds is 6. The van der Waals surface area contributed by atoms with Crippen molar-refractivity contribution in [2.75, 3.05) is 19.7 Å². The van der Waals surface area contributed by atoms with E-state index in [0.29, 0.717) is 43.3 Å². The molecule has 2 heterocycles. The van der Waals surface area contributed by atoms with Crippen LogP contribution < -0.4 is 0 Å². The van der Waals surface area contributed by atoms with Gasteiger partial charge in [-0.05, 0) is 55.9 Å². The van der Waals surface area contributed by atoms with Gasteiger partial charge in [0.2, 0.25) is 0 Å². The molecule has 0 N–H and O–H groups in total. The van der Waals surface area contributed by atoms with Crippen LogP contribution in [0.3, 0.4) is 0 Å². The molecule has 1 aliphatic heterocycles. The lowest BCUT2D eigenvalue weighted by atomic mass is 9.75. The van der Waals surface area contributed by atoms with Crippen LogP contribution in [-0.2, 0) is 23.0 Å². The number of carbonyl (C=O) groups is 2. The minimum absolute atomic E-state index is 0.101. The van der Waals surface area contributed by atoms with E-state index in [-0.39, 0.29) is 17.8 Å². The molecule has 1 aromatic heterocycles. The first kappa shape index (κ1) is 22.3. The minimum atomic E-state index is -0.784. The monoisotopic (exact) mass is 431 g/mol. The number of aromatic nitrogens is 2. The van der Waals surface area contributed by atoms with Crippen LogP contribution in [0.4, 0.5) is 0 Å². The number of hydrogen-bond donors (Lipinski definition) is 0. The van der Waals surface area contributed by atoms with E-state index in [1.54, 1.807) is 23.6 Å². The van der Waals surface area contributed by atoms with Crippen molar-refractivity contribution in [1.29, 1.82) is 0 Å². The molecule has 30 heavy (non-hydrogen) atoms. The second-order valence-corrected chi connectivity index (χ2v) is 8.81. The van der Waals surface area contributed by atoms with Gasteiger partial charge in [0.25, 0.3) is 5.91 Å². The smallest absolute Gasteiger partial charge is 0.314 e. The third kappa shape index (κ3) is 4.69. The van der Waals surface area contributed by atoms with Crippen LogP contribution in [0.15, 0.2) is 30.3 Å². The molecule has 1 aliphatic rings. The van der Waals surface area contributed by atoms with Crippen molar-refractivity contribution >= 4 is 23.5 Å². The Morgan fingerprint density at radius 3 is 2.70 bits per heavy atom. The number of aryl methyl sites for hydroxylation is 1. The van der Waals surface area contributed by atoms with E-state index in [0.717, 1.165) is 17.7 Å². The van der Waals surface area contributed by atoms with Crippen molar-refractivity contribution in [2.24, 2.45) is 12.5 Å². The van der Waals surface area contributed by atoms with Gasteiger partial charge in [-0.15, -0.1) is 0 Å². The molecule has 0 radical (unpaired) electrons. The van der Waals surface area contributed by atoms with Crippen LogP contribution in [0.5, 0.6) is 0 Å². The molecule has 1 atom stereocenters. The average Bonchev–Trinajstić information content (AvgIpc) is 3.10. The number of amides is 1. The van der Waals surface area contributed by atoms with Gasteiger partial charge < -0.3 is 9.64 Å². The zero-order valence-corrected chi connectivity index (χ0v) is 18.9. The number of carbonyl (C=O) groups excluding carboxylic acids is 2. The number of benzene rings is 1. The molecular formula is C23H30ClN3O3. The van der Waals surface area contributed by atoms with Crippen LogP contribution >= 0.6 is 11.6 Å². The predicted octanol–water partition coefficient (Wildman–Crippen LogP) is 4.23. The van der Waals surface area contributed by atoms with Gasteiger partial charge in [-0.2, -0.15) is 5.10 Å². The minimum Gasteiger partial charge on any atom is -0.466 e. The lowest BCUT2D eigenvalue weighted by Gasteiger charge is -2.41. The summed E-state index contributed by atoms with van der Waals surface area (Å²) in [5.74, 6) is -0.118. The van der Waals surface area contributed by atoms with Crippen LogP contribution in [0.2, 0.25) is 5.02 Å². The molecule has 0 saturated carbocycles. The van der Waals surface area contributed by atoms with E-state index < -0.39 is 5.41 Å². The summed E-state index contributed by atoms with van der Waals surface area (Å²) >= 11 is 6.16. The first-order chi connectivity index (χ1) is 14.3. The highest BCUT2D eigenvalue weighted by atomic mass is 35.5. The number of ether oxygens (including phenoxy) is 1. The van der Waals surface area contributed by atoms with Crippen molar-refractivity contribution in [3.05, 3.63) is 52.3 Å². The lowest BCUT2D eigenvalue weighted by molar-refractivity contribution is -0.158. The Bertz CT molecular complexity index is 924. The molecular weight excluding hydrogens is 402 g/mol. The Balaban J connectivity index is 1.89. The number of hydrogen-bond acceptors (Lipinski definition) is 4. The van der Waals surface area contributed by atoms with Gasteiger partial charge in [-0.3, -0.25) is 14.3 Å². The molecule has 6 nitrogen and oxygen atoms in total. The molecule has 0 bridgehead atoms. The topological polar surface area (TPSA) is 64.4 Å². The Kier molecular flexibility index (Phi) is 6.86. The van der Waals surface area contributed by atoms with Crippen LogP contribution in [0.1, 0.15) is 61.3 Å². The SMILES string of the molecule is CCOC(=O)[C@]1(Cc2cccc(Cl)c2)CCCN(C(=O)c2cc(C(C)C)nn2C)C1. The highest BCUT2D eigenvalue weighted by Gasteiger charge is 2.45. The maximum atomic E-state index is 13.3.